The van der Waals surface area contributed by atoms with Gasteiger partial charge >= 0.3 is 11.0 Å². The minimum absolute atomic E-state index is 0.908. The average molecular weight is 352 g/mol. The van der Waals surface area contributed by atoms with E-state index in [9.17, 15) is 43.2 Å². The van der Waals surface area contributed by atoms with Gasteiger partial charge in [0.15, 0.2) is 4.58 Å². The van der Waals surface area contributed by atoms with E-state index in [1.165, 1.54) is 0 Å². The molecule has 0 aliphatic carbocycles. The molecule has 0 amide bonds. The third-order valence-electron chi connectivity index (χ3n) is 2.24. The Morgan fingerprint density at radius 3 is 1.40 bits per heavy atom. The van der Waals surface area contributed by atoms with Crippen molar-refractivity contribution in [1.82, 2.24) is 0 Å². The van der Waals surface area contributed by atoms with E-state index in [4.69, 9.17) is 5.11 Å². The minimum Gasteiger partial charge on any atom is -0.396 e. The fraction of sp³-hybridized carbons (Fsp3) is 1.00. The van der Waals surface area contributed by atoms with Gasteiger partial charge in [-0.05, 0) is 12.3 Å². The van der Waals surface area contributed by atoms with Crippen LogP contribution in [0.5, 0.6) is 0 Å². The number of aliphatic hydroxyl groups excluding tert-OH is 1. The van der Waals surface area contributed by atoms with Crippen LogP contribution in [0.4, 0.5) is 26.3 Å². The molecule has 0 rings (SSSR count). The summed E-state index contributed by atoms with van der Waals surface area (Å²) in [5, 5.41) is 8.57. The highest BCUT2D eigenvalue weighted by Crippen LogP contribution is 2.38. The molecule has 0 saturated carbocycles. The van der Waals surface area contributed by atoms with Gasteiger partial charge in [0.2, 0.25) is 0 Å². The zero-order valence-corrected chi connectivity index (χ0v) is 11.4. The third-order valence-corrected chi connectivity index (χ3v) is 6.82. The molecule has 0 aliphatic rings. The smallest absolute Gasteiger partial charge is 0.396 e. The number of hydrogen-bond donors (Lipinski definition) is 1. The first-order valence-electron chi connectivity index (χ1n) is 4.80. The summed E-state index contributed by atoms with van der Waals surface area (Å²) in [7, 11) is -13.2. The molecule has 0 aromatic heterocycles. The highest BCUT2D eigenvalue weighted by atomic mass is 32.3. The molecule has 0 aromatic carbocycles. The largest absolute Gasteiger partial charge is 0.498 e. The fourth-order valence-corrected chi connectivity index (χ4v) is 4.87. The van der Waals surface area contributed by atoms with E-state index in [1.807, 2.05) is 0 Å². The lowest BCUT2D eigenvalue weighted by molar-refractivity contribution is -0.0474. The molecule has 20 heavy (non-hydrogen) atoms. The molecule has 0 bridgehead atoms. The SMILES string of the molecule is CC(CO)CC(S(=O)(=O)C(F)(F)F)S(=O)(=O)C(F)(F)F. The van der Waals surface area contributed by atoms with Crippen molar-refractivity contribution in [2.75, 3.05) is 6.61 Å². The first-order valence-corrected chi connectivity index (χ1v) is 7.89. The second kappa shape index (κ2) is 5.67. The summed E-state index contributed by atoms with van der Waals surface area (Å²) >= 11 is 0. The second-order valence-corrected chi connectivity index (χ2v) is 8.48. The number of hydrogen-bond acceptors (Lipinski definition) is 5. The Morgan fingerprint density at radius 1 is 0.900 bits per heavy atom. The fourth-order valence-electron chi connectivity index (χ4n) is 1.12. The summed E-state index contributed by atoms with van der Waals surface area (Å²) in [6, 6.07) is 0. The van der Waals surface area contributed by atoms with Crippen LogP contribution < -0.4 is 0 Å². The van der Waals surface area contributed by atoms with Gasteiger partial charge in [0.1, 0.15) is 0 Å². The highest BCUT2D eigenvalue weighted by Gasteiger charge is 2.62. The van der Waals surface area contributed by atoms with E-state index < -0.39 is 54.2 Å². The first kappa shape index (κ1) is 19.4. The topological polar surface area (TPSA) is 88.5 Å². The van der Waals surface area contributed by atoms with Gasteiger partial charge in [-0.15, -0.1) is 0 Å². The van der Waals surface area contributed by atoms with Crippen molar-refractivity contribution in [3.05, 3.63) is 0 Å². The van der Waals surface area contributed by atoms with Crippen LogP contribution >= 0.6 is 0 Å². The van der Waals surface area contributed by atoms with Crippen LogP contribution in [0.15, 0.2) is 0 Å². The van der Waals surface area contributed by atoms with Crippen molar-refractivity contribution < 1.29 is 48.3 Å². The molecule has 1 unspecified atom stereocenters. The molecule has 0 aromatic rings. The zero-order valence-electron chi connectivity index (χ0n) is 9.73. The summed E-state index contributed by atoms with van der Waals surface area (Å²) in [4.78, 5) is 0. The second-order valence-electron chi connectivity index (χ2n) is 3.93. The van der Waals surface area contributed by atoms with Crippen molar-refractivity contribution in [3.8, 4) is 0 Å². The summed E-state index contributed by atoms with van der Waals surface area (Å²) in [5.74, 6) is -1.39. The lowest BCUT2D eigenvalue weighted by atomic mass is 10.1. The van der Waals surface area contributed by atoms with Crippen molar-refractivity contribution in [3.63, 3.8) is 0 Å². The monoisotopic (exact) mass is 352 g/mol. The first-order chi connectivity index (χ1) is 8.59. The van der Waals surface area contributed by atoms with Crippen LogP contribution in [-0.4, -0.2) is 44.1 Å². The standard InChI is InChI=1S/C7H10F6O5S2/c1-4(3-14)2-5(19(15,16)6(8,9)10)20(17,18)7(11,12)13/h4-5,14H,2-3H2,1H3. The van der Waals surface area contributed by atoms with E-state index in [1.54, 1.807) is 0 Å². The van der Waals surface area contributed by atoms with Crippen molar-refractivity contribution >= 4 is 19.7 Å². The molecular weight excluding hydrogens is 342 g/mol. The van der Waals surface area contributed by atoms with Gasteiger partial charge < -0.3 is 5.11 Å². The van der Waals surface area contributed by atoms with Gasteiger partial charge in [-0.25, -0.2) is 16.8 Å². The Balaban J connectivity index is 6.05. The van der Waals surface area contributed by atoms with E-state index in [0.717, 1.165) is 6.92 Å². The number of alkyl halides is 6. The van der Waals surface area contributed by atoms with Crippen LogP contribution in [0.2, 0.25) is 0 Å². The third kappa shape index (κ3) is 3.75. The summed E-state index contributed by atoms with van der Waals surface area (Å²) < 4.78 is 114. The highest BCUT2D eigenvalue weighted by molar-refractivity contribution is 8.09. The Morgan fingerprint density at radius 2 is 1.20 bits per heavy atom. The maximum absolute atomic E-state index is 12.3. The van der Waals surface area contributed by atoms with Crippen LogP contribution in [0.1, 0.15) is 13.3 Å². The summed E-state index contributed by atoms with van der Waals surface area (Å²) in [5.41, 5.74) is -12.3. The molecular formula is C7H10F6O5S2. The van der Waals surface area contributed by atoms with Crippen LogP contribution in [0.3, 0.4) is 0 Å². The lowest BCUT2D eigenvalue weighted by Gasteiger charge is -2.22. The van der Waals surface area contributed by atoms with Crippen LogP contribution in [0.25, 0.3) is 0 Å². The van der Waals surface area contributed by atoms with E-state index in [0.29, 0.717) is 0 Å². The minimum atomic E-state index is -6.60. The van der Waals surface area contributed by atoms with Gasteiger partial charge in [-0.2, -0.15) is 26.3 Å². The predicted octanol–water partition coefficient (Wildman–Crippen LogP) is 1.20. The van der Waals surface area contributed by atoms with Crippen LogP contribution in [0, 0.1) is 5.92 Å². The summed E-state index contributed by atoms with van der Waals surface area (Å²) in [6.07, 6.45) is -1.53. The quantitative estimate of drug-likeness (QED) is 0.751. The maximum Gasteiger partial charge on any atom is 0.498 e. The molecule has 122 valence electrons. The molecule has 0 spiro atoms. The molecule has 0 aliphatic heterocycles. The normalized spacial score (nSPS) is 16.4. The van der Waals surface area contributed by atoms with Gasteiger partial charge in [-0.3, -0.25) is 0 Å². The molecule has 0 radical (unpaired) electrons. The van der Waals surface area contributed by atoms with E-state index in [-0.39, 0.29) is 0 Å². The van der Waals surface area contributed by atoms with E-state index >= 15 is 0 Å². The Bertz CT molecular complexity index is 487. The molecule has 0 fully saturated rings. The summed E-state index contributed by atoms with van der Waals surface area (Å²) in [6.45, 7) is -0.0674. The Hall–Kier alpha value is -0.560. The molecule has 1 N–H and O–H groups in total. The van der Waals surface area contributed by atoms with Crippen molar-refractivity contribution in [1.29, 1.82) is 0 Å². The molecule has 13 heteroatoms. The van der Waals surface area contributed by atoms with Crippen LogP contribution in [-0.2, 0) is 19.7 Å². The average Bonchev–Trinajstić information content (AvgIpc) is 2.21. The van der Waals surface area contributed by atoms with E-state index in [2.05, 4.69) is 0 Å². The number of sulfone groups is 2. The van der Waals surface area contributed by atoms with Gasteiger partial charge in [0.25, 0.3) is 19.7 Å². The predicted molar refractivity (Wildman–Crippen MR) is 54.6 cm³/mol. The zero-order chi connectivity index (χ0) is 16.6. The van der Waals surface area contributed by atoms with Gasteiger partial charge in [0, 0.05) is 6.61 Å². The lowest BCUT2D eigenvalue weighted by Crippen LogP contribution is -2.45. The van der Waals surface area contributed by atoms with Crippen molar-refractivity contribution in [2.45, 2.75) is 28.9 Å². The Kier molecular flexibility index (Phi) is 5.52. The molecule has 5 nitrogen and oxygen atoms in total. The molecule has 1 atom stereocenters. The maximum atomic E-state index is 12.3. The number of halogens is 6. The molecule has 0 heterocycles. The van der Waals surface area contributed by atoms with Gasteiger partial charge in [-0.1, -0.05) is 6.92 Å². The number of rotatable bonds is 5. The van der Waals surface area contributed by atoms with Gasteiger partial charge in [0.05, 0.1) is 0 Å². The molecule has 0 saturated heterocycles. The van der Waals surface area contributed by atoms with Crippen molar-refractivity contribution in [2.24, 2.45) is 5.92 Å². The Labute approximate surface area is 110 Å². The number of aliphatic hydroxyl groups is 1.